The standard InChI is InChI=1S/C14H20BrNO3/c1-16(7-12(17)9-18-2)8-13-6-10-5-11(15)3-4-14(10)19-13/h3-5,12-13,17H,6-9H2,1-2H3. The van der Waals surface area contributed by atoms with E-state index >= 15 is 0 Å². The van der Waals surface area contributed by atoms with Crippen LogP contribution in [0.4, 0.5) is 0 Å². The number of aliphatic hydroxyl groups excluding tert-OH is 1. The molecule has 0 radical (unpaired) electrons. The third kappa shape index (κ3) is 4.18. The van der Waals surface area contributed by atoms with Gasteiger partial charge in [0, 0.05) is 31.1 Å². The molecule has 1 aliphatic rings. The van der Waals surface area contributed by atoms with E-state index in [2.05, 4.69) is 26.9 Å². The monoisotopic (exact) mass is 329 g/mol. The Hall–Kier alpha value is -0.620. The molecule has 0 amide bonds. The lowest BCUT2D eigenvalue weighted by Gasteiger charge is -2.23. The van der Waals surface area contributed by atoms with Crippen LogP contribution in [-0.2, 0) is 11.2 Å². The number of hydrogen-bond acceptors (Lipinski definition) is 4. The number of rotatable bonds is 6. The van der Waals surface area contributed by atoms with Crippen LogP contribution in [0.2, 0.25) is 0 Å². The lowest BCUT2D eigenvalue weighted by molar-refractivity contribution is 0.0363. The summed E-state index contributed by atoms with van der Waals surface area (Å²) in [5.74, 6) is 0.971. The maximum Gasteiger partial charge on any atom is 0.123 e. The molecule has 0 bridgehead atoms. The van der Waals surface area contributed by atoms with Gasteiger partial charge >= 0.3 is 0 Å². The van der Waals surface area contributed by atoms with Gasteiger partial charge in [0.1, 0.15) is 11.9 Å². The van der Waals surface area contributed by atoms with Crippen molar-refractivity contribution in [1.29, 1.82) is 0 Å². The van der Waals surface area contributed by atoms with E-state index < -0.39 is 6.10 Å². The van der Waals surface area contributed by atoms with E-state index in [-0.39, 0.29) is 6.10 Å². The minimum absolute atomic E-state index is 0.157. The molecule has 2 atom stereocenters. The highest BCUT2D eigenvalue weighted by molar-refractivity contribution is 9.10. The average Bonchev–Trinajstić information content (AvgIpc) is 2.70. The van der Waals surface area contributed by atoms with Crippen molar-refractivity contribution in [1.82, 2.24) is 4.90 Å². The maximum atomic E-state index is 9.69. The predicted octanol–water partition coefficient (Wildman–Crippen LogP) is 1.69. The summed E-state index contributed by atoms with van der Waals surface area (Å²) >= 11 is 3.47. The zero-order valence-corrected chi connectivity index (χ0v) is 12.9. The number of likely N-dealkylation sites (N-methyl/N-ethyl adjacent to an activating group) is 1. The van der Waals surface area contributed by atoms with Crippen molar-refractivity contribution < 1.29 is 14.6 Å². The highest BCUT2D eigenvalue weighted by atomic mass is 79.9. The summed E-state index contributed by atoms with van der Waals surface area (Å²) in [6.45, 7) is 1.75. The number of methoxy groups -OCH3 is 1. The van der Waals surface area contributed by atoms with Gasteiger partial charge in [-0.05, 0) is 30.8 Å². The van der Waals surface area contributed by atoms with Gasteiger partial charge < -0.3 is 19.5 Å². The van der Waals surface area contributed by atoms with Crippen LogP contribution in [-0.4, -0.2) is 56.1 Å². The second kappa shape index (κ2) is 6.70. The van der Waals surface area contributed by atoms with E-state index in [4.69, 9.17) is 9.47 Å². The van der Waals surface area contributed by atoms with Crippen molar-refractivity contribution in [3.63, 3.8) is 0 Å². The fourth-order valence-corrected chi connectivity index (χ4v) is 2.83. The fourth-order valence-electron chi connectivity index (χ4n) is 2.42. The molecule has 0 aliphatic carbocycles. The van der Waals surface area contributed by atoms with Gasteiger partial charge in [0.25, 0.3) is 0 Å². The van der Waals surface area contributed by atoms with E-state index in [1.54, 1.807) is 7.11 Å². The molecule has 1 heterocycles. The average molecular weight is 330 g/mol. The third-order valence-corrected chi connectivity index (χ3v) is 3.65. The van der Waals surface area contributed by atoms with Crippen molar-refractivity contribution in [2.45, 2.75) is 18.6 Å². The fraction of sp³-hybridized carbons (Fsp3) is 0.571. The van der Waals surface area contributed by atoms with Crippen LogP contribution in [0.3, 0.4) is 0 Å². The number of fused-ring (bicyclic) bond motifs is 1. The first-order valence-electron chi connectivity index (χ1n) is 6.39. The number of benzene rings is 1. The molecule has 0 saturated heterocycles. The molecule has 4 nitrogen and oxygen atoms in total. The molecule has 1 aliphatic heterocycles. The van der Waals surface area contributed by atoms with Gasteiger partial charge in [-0.1, -0.05) is 15.9 Å². The summed E-state index contributed by atoms with van der Waals surface area (Å²) in [6.07, 6.45) is 0.622. The van der Waals surface area contributed by atoms with E-state index in [9.17, 15) is 5.11 Å². The Kier molecular flexibility index (Phi) is 5.21. The van der Waals surface area contributed by atoms with Crippen molar-refractivity contribution in [3.8, 4) is 5.75 Å². The van der Waals surface area contributed by atoms with Crippen LogP contribution in [0.25, 0.3) is 0 Å². The topological polar surface area (TPSA) is 41.9 Å². The van der Waals surface area contributed by atoms with E-state index in [1.165, 1.54) is 5.56 Å². The zero-order chi connectivity index (χ0) is 13.8. The second-order valence-corrected chi connectivity index (χ2v) is 5.94. The molecule has 0 aromatic heterocycles. The number of aliphatic hydroxyl groups is 1. The Morgan fingerprint density at radius 3 is 3.11 bits per heavy atom. The summed E-state index contributed by atoms with van der Waals surface area (Å²) in [6, 6.07) is 6.10. The van der Waals surface area contributed by atoms with E-state index in [1.807, 2.05) is 19.2 Å². The Morgan fingerprint density at radius 1 is 1.58 bits per heavy atom. The first-order chi connectivity index (χ1) is 9.08. The summed E-state index contributed by atoms with van der Waals surface area (Å²) in [5, 5.41) is 9.69. The maximum absolute atomic E-state index is 9.69. The molecule has 1 aromatic rings. The molecule has 0 saturated carbocycles. The highest BCUT2D eigenvalue weighted by Gasteiger charge is 2.24. The quantitative estimate of drug-likeness (QED) is 0.862. The van der Waals surface area contributed by atoms with Crippen molar-refractivity contribution in [2.24, 2.45) is 0 Å². The van der Waals surface area contributed by atoms with E-state index in [0.717, 1.165) is 23.2 Å². The van der Waals surface area contributed by atoms with Crippen LogP contribution in [0, 0.1) is 0 Å². The minimum Gasteiger partial charge on any atom is -0.488 e. The first kappa shape index (κ1) is 14.8. The summed E-state index contributed by atoms with van der Waals surface area (Å²) in [7, 11) is 3.58. The van der Waals surface area contributed by atoms with Gasteiger partial charge in [-0.3, -0.25) is 0 Å². The summed E-state index contributed by atoms with van der Waals surface area (Å²) in [4.78, 5) is 2.08. The van der Waals surface area contributed by atoms with Gasteiger partial charge in [-0.25, -0.2) is 0 Å². The number of nitrogens with zero attached hydrogens (tertiary/aromatic N) is 1. The Morgan fingerprint density at radius 2 is 2.37 bits per heavy atom. The Labute approximate surface area is 122 Å². The van der Waals surface area contributed by atoms with Crippen molar-refractivity contribution in [3.05, 3.63) is 28.2 Å². The van der Waals surface area contributed by atoms with Crippen LogP contribution in [0.1, 0.15) is 5.56 Å². The molecule has 1 aromatic carbocycles. The van der Waals surface area contributed by atoms with Crippen molar-refractivity contribution in [2.75, 3.05) is 33.9 Å². The molecule has 1 N–H and O–H groups in total. The summed E-state index contributed by atoms with van der Waals surface area (Å²) in [5.41, 5.74) is 1.24. The predicted molar refractivity (Wildman–Crippen MR) is 77.6 cm³/mol. The number of hydrogen-bond donors (Lipinski definition) is 1. The molecule has 2 rings (SSSR count). The molecule has 19 heavy (non-hydrogen) atoms. The molecule has 5 heteroatoms. The lowest BCUT2D eigenvalue weighted by atomic mass is 10.1. The van der Waals surface area contributed by atoms with Gasteiger partial charge in [0.15, 0.2) is 0 Å². The Bertz CT molecular complexity index is 427. The lowest BCUT2D eigenvalue weighted by Crippen LogP contribution is -2.38. The molecule has 0 spiro atoms. The van der Waals surface area contributed by atoms with Gasteiger partial charge in [-0.2, -0.15) is 0 Å². The smallest absolute Gasteiger partial charge is 0.123 e. The molecular formula is C14H20BrNO3. The second-order valence-electron chi connectivity index (χ2n) is 5.03. The van der Waals surface area contributed by atoms with Crippen LogP contribution in [0.15, 0.2) is 22.7 Å². The van der Waals surface area contributed by atoms with Crippen LogP contribution in [0.5, 0.6) is 5.75 Å². The van der Waals surface area contributed by atoms with Crippen LogP contribution < -0.4 is 4.74 Å². The number of halogens is 1. The molecular weight excluding hydrogens is 310 g/mol. The normalized spacial score (nSPS) is 19.3. The largest absolute Gasteiger partial charge is 0.488 e. The minimum atomic E-state index is -0.451. The van der Waals surface area contributed by atoms with E-state index in [0.29, 0.717) is 13.2 Å². The SMILES string of the molecule is COCC(O)CN(C)CC1Cc2cc(Br)ccc2O1. The zero-order valence-electron chi connectivity index (χ0n) is 11.3. The van der Waals surface area contributed by atoms with Crippen LogP contribution >= 0.6 is 15.9 Å². The van der Waals surface area contributed by atoms with Gasteiger partial charge in [-0.15, -0.1) is 0 Å². The highest BCUT2D eigenvalue weighted by Crippen LogP contribution is 2.31. The first-order valence-corrected chi connectivity index (χ1v) is 7.18. The molecule has 106 valence electrons. The number of ether oxygens (including phenoxy) is 2. The third-order valence-electron chi connectivity index (χ3n) is 3.16. The molecule has 0 fully saturated rings. The van der Waals surface area contributed by atoms with Crippen molar-refractivity contribution >= 4 is 15.9 Å². The van der Waals surface area contributed by atoms with Gasteiger partial charge in [0.2, 0.25) is 0 Å². The molecule has 2 unspecified atom stereocenters. The Balaban J connectivity index is 1.83. The van der Waals surface area contributed by atoms with Gasteiger partial charge in [0.05, 0.1) is 12.7 Å². The summed E-state index contributed by atoms with van der Waals surface area (Å²) < 4.78 is 11.9.